The fourth-order valence-corrected chi connectivity index (χ4v) is 2.51. The highest BCUT2D eigenvalue weighted by Gasteiger charge is 2.38. The smallest absolute Gasteiger partial charge is 0.0675 e. The molecule has 1 atom stereocenters. The van der Waals surface area contributed by atoms with Crippen molar-refractivity contribution in [2.75, 3.05) is 11.4 Å². The molecule has 1 heterocycles. The topological polar surface area (TPSA) is 27.0 Å². The Hall–Kier alpha value is -1.49. The van der Waals surface area contributed by atoms with Crippen LogP contribution in [0.4, 0.5) is 5.69 Å². The summed E-state index contributed by atoms with van der Waals surface area (Å²) in [5.74, 6) is 0.163. The van der Waals surface area contributed by atoms with Crippen LogP contribution >= 0.6 is 0 Å². The van der Waals surface area contributed by atoms with Crippen LogP contribution in [0, 0.1) is 24.2 Å². The maximum absolute atomic E-state index is 9.03. The number of hydrogen-bond acceptors (Lipinski definition) is 2. The van der Waals surface area contributed by atoms with Gasteiger partial charge >= 0.3 is 0 Å². The van der Waals surface area contributed by atoms with Gasteiger partial charge in [0.1, 0.15) is 0 Å². The van der Waals surface area contributed by atoms with E-state index in [1.54, 1.807) is 0 Å². The zero-order valence-corrected chi connectivity index (χ0v) is 10.2. The number of nitriles is 1. The molecule has 1 unspecified atom stereocenters. The highest BCUT2D eigenvalue weighted by Crippen LogP contribution is 2.36. The Bertz CT molecular complexity index is 411. The third-order valence-corrected chi connectivity index (χ3v) is 3.41. The molecule has 0 aromatic heterocycles. The van der Waals surface area contributed by atoms with Crippen molar-refractivity contribution >= 4 is 5.69 Å². The number of anilines is 1. The largest absolute Gasteiger partial charge is 0.365 e. The highest BCUT2D eigenvalue weighted by atomic mass is 15.2. The highest BCUT2D eigenvalue weighted by molar-refractivity contribution is 5.51. The van der Waals surface area contributed by atoms with Crippen molar-refractivity contribution < 1.29 is 0 Å². The first-order valence-electron chi connectivity index (χ1n) is 5.77. The second-order valence-electron chi connectivity index (χ2n) is 5.29. The van der Waals surface area contributed by atoms with Crippen LogP contribution in [0.15, 0.2) is 24.3 Å². The lowest BCUT2D eigenvalue weighted by Gasteiger charge is -2.33. The van der Waals surface area contributed by atoms with Crippen LogP contribution in [0.25, 0.3) is 0 Å². The number of rotatable bonds is 1. The molecule has 0 aliphatic carbocycles. The van der Waals surface area contributed by atoms with E-state index < -0.39 is 0 Å². The van der Waals surface area contributed by atoms with Crippen molar-refractivity contribution in [2.45, 2.75) is 32.7 Å². The Morgan fingerprint density at radius 2 is 1.94 bits per heavy atom. The molecule has 1 saturated heterocycles. The summed E-state index contributed by atoms with van der Waals surface area (Å²) in [5.41, 5.74) is 2.60. The molecule has 0 saturated carbocycles. The molecule has 2 heteroatoms. The molecule has 1 aliphatic heterocycles. The van der Waals surface area contributed by atoms with Gasteiger partial charge < -0.3 is 4.90 Å². The van der Waals surface area contributed by atoms with E-state index in [0.29, 0.717) is 0 Å². The number of benzene rings is 1. The molecule has 1 aromatic carbocycles. The maximum atomic E-state index is 9.03. The summed E-state index contributed by atoms with van der Waals surface area (Å²) in [6.45, 7) is 7.37. The first-order chi connectivity index (χ1) is 7.53. The van der Waals surface area contributed by atoms with Crippen molar-refractivity contribution in [3.63, 3.8) is 0 Å². The lowest BCUT2D eigenvalue weighted by molar-refractivity contribution is 0.503. The molecule has 0 amide bonds. The van der Waals surface area contributed by atoms with Crippen molar-refractivity contribution in [2.24, 2.45) is 5.92 Å². The summed E-state index contributed by atoms with van der Waals surface area (Å²) in [4.78, 5) is 2.35. The normalized spacial score (nSPS) is 23.1. The predicted octanol–water partition coefficient (Wildman–Crippen LogP) is 3.12. The fourth-order valence-electron chi connectivity index (χ4n) is 2.51. The van der Waals surface area contributed by atoms with Crippen LogP contribution in [-0.4, -0.2) is 12.1 Å². The van der Waals surface area contributed by atoms with Gasteiger partial charge in [-0.2, -0.15) is 5.26 Å². The van der Waals surface area contributed by atoms with E-state index in [1.807, 2.05) is 0 Å². The average Bonchev–Trinajstić information content (AvgIpc) is 2.55. The van der Waals surface area contributed by atoms with Gasteiger partial charge in [-0.15, -0.1) is 0 Å². The molecule has 1 fully saturated rings. The van der Waals surface area contributed by atoms with E-state index in [0.717, 1.165) is 13.0 Å². The van der Waals surface area contributed by atoms with Gasteiger partial charge in [-0.3, -0.25) is 0 Å². The first kappa shape index (κ1) is 11.0. The van der Waals surface area contributed by atoms with Gasteiger partial charge in [0.2, 0.25) is 0 Å². The molecular weight excluding hydrogens is 196 g/mol. The first-order valence-corrected chi connectivity index (χ1v) is 5.77. The minimum absolute atomic E-state index is 0.0929. The van der Waals surface area contributed by atoms with Crippen molar-refractivity contribution in [1.82, 2.24) is 0 Å². The van der Waals surface area contributed by atoms with Crippen LogP contribution in [0.5, 0.6) is 0 Å². The number of aryl methyl sites for hydroxylation is 1. The van der Waals surface area contributed by atoms with Crippen LogP contribution in [0.2, 0.25) is 0 Å². The molecule has 0 spiro atoms. The summed E-state index contributed by atoms with van der Waals surface area (Å²) < 4.78 is 0. The second kappa shape index (κ2) is 3.83. The van der Waals surface area contributed by atoms with Gasteiger partial charge in [-0.05, 0) is 39.3 Å². The second-order valence-corrected chi connectivity index (χ2v) is 5.29. The maximum Gasteiger partial charge on any atom is 0.0675 e. The van der Waals surface area contributed by atoms with Gasteiger partial charge in [-0.1, -0.05) is 17.7 Å². The zero-order chi connectivity index (χ0) is 11.8. The van der Waals surface area contributed by atoms with Crippen molar-refractivity contribution in [3.8, 4) is 6.07 Å². The van der Waals surface area contributed by atoms with E-state index in [1.165, 1.54) is 11.3 Å². The molecule has 0 bridgehead atoms. The van der Waals surface area contributed by atoms with Crippen LogP contribution in [0.3, 0.4) is 0 Å². The van der Waals surface area contributed by atoms with E-state index in [4.69, 9.17) is 5.26 Å². The molecule has 0 N–H and O–H groups in total. The Kier molecular flexibility index (Phi) is 2.63. The number of nitrogens with zero attached hydrogens (tertiary/aromatic N) is 2. The molecule has 16 heavy (non-hydrogen) atoms. The van der Waals surface area contributed by atoms with Crippen molar-refractivity contribution in [1.29, 1.82) is 5.26 Å². The lowest BCUT2D eigenvalue weighted by Crippen LogP contribution is -2.38. The quantitative estimate of drug-likeness (QED) is 0.718. The molecule has 2 nitrogen and oxygen atoms in total. The zero-order valence-electron chi connectivity index (χ0n) is 10.2. The van der Waals surface area contributed by atoms with E-state index in [2.05, 4.69) is 56.0 Å². The Balaban J connectivity index is 2.28. The van der Waals surface area contributed by atoms with Gasteiger partial charge in [0, 0.05) is 17.8 Å². The SMILES string of the molecule is Cc1ccc(N2CC(C#N)CC2(C)C)cc1. The average molecular weight is 214 g/mol. The van der Waals surface area contributed by atoms with E-state index in [-0.39, 0.29) is 11.5 Å². The monoisotopic (exact) mass is 214 g/mol. The van der Waals surface area contributed by atoms with Gasteiger partial charge in [0.05, 0.1) is 12.0 Å². The summed E-state index contributed by atoms with van der Waals surface area (Å²) in [6, 6.07) is 10.9. The molecular formula is C14H18N2. The van der Waals surface area contributed by atoms with Gasteiger partial charge in [-0.25, -0.2) is 0 Å². The van der Waals surface area contributed by atoms with Crippen LogP contribution in [-0.2, 0) is 0 Å². The fraction of sp³-hybridized carbons (Fsp3) is 0.500. The lowest BCUT2D eigenvalue weighted by atomic mass is 9.97. The van der Waals surface area contributed by atoms with Crippen LogP contribution in [0.1, 0.15) is 25.8 Å². The number of hydrogen-bond donors (Lipinski definition) is 0. The third-order valence-electron chi connectivity index (χ3n) is 3.41. The molecule has 84 valence electrons. The van der Waals surface area contributed by atoms with Crippen LogP contribution < -0.4 is 4.90 Å². The van der Waals surface area contributed by atoms with Gasteiger partial charge in [0.15, 0.2) is 0 Å². The van der Waals surface area contributed by atoms with Crippen molar-refractivity contribution in [3.05, 3.63) is 29.8 Å². The predicted molar refractivity (Wildman–Crippen MR) is 66.3 cm³/mol. The Labute approximate surface area is 97.5 Å². The molecule has 1 aromatic rings. The Morgan fingerprint density at radius 3 is 2.44 bits per heavy atom. The minimum Gasteiger partial charge on any atom is -0.365 e. The summed E-state index contributed by atoms with van der Waals surface area (Å²) in [6.07, 6.45) is 0.956. The molecule has 1 aliphatic rings. The van der Waals surface area contributed by atoms with E-state index in [9.17, 15) is 0 Å². The molecule has 2 rings (SSSR count). The standard InChI is InChI=1S/C14H18N2/c1-11-4-6-13(7-5-11)16-10-12(9-15)8-14(16,2)3/h4-7,12H,8,10H2,1-3H3. The Morgan fingerprint density at radius 1 is 1.31 bits per heavy atom. The van der Waals surface area contributed by atoms with E-state index >= 15 is 0 Å². The summed E-state index contributed by atoms with van der Waals surface area (Å²) in [7, 11) is 0. The third kappa shape index (κ3) is 1.90. The summed E-state index contributed by atoms with van der Waals surface area (Å²) >= 11 is 0. The minimum atomic E-state index is 0.0929. The molecule has 0 radical (unpaired) electrons. The van der Waals surface area contributed by atoms with Gasteiger partial charge in [0.25, 0.3) is 0 Å². The summed E-state index contributed by atoms with van der Waals surface area (Å²) in [5, 5.41) is 9.03.